The minimum Gasteiger partial charge on any atom is -0.339 e. The van der Waals surface area contributed by atoms with Crippen molar-refractivity contribution in [3.8, 4) is 0 Å². The number of nitrogens with one attached hydrogen (secondary N) is 1. The van der Waals surface area contributed by atoms with Crippen LogP contribution in [-0.2, 0) is 9.59 Å². The lowest BCUT2D eigenvalue weighted by atomic mass is 10.0. The number of quaternary nitrogens is 1. The van der Waals surface area contributed by atoms with Crippen LogP contribution in [-0.4, -0.2) is 49.9 Å². The Morgan fingerprint density at radius 2 is 1.88 bits per heavy atom. The summed E-state index contributed by atoms with van der Waals surface area (Å²) in [6.07, 6.45) is 1.56. The second kappa shape index (κ2) is 7.19. The van der Waals surface area contributed by atoms with Gasteiger partial charge in [0, 0.05) is 0 Å². The summed E-state index contributed by atoms with van der Waals surface area (Å²) in [7, 11) is 5.27. The summed E-state index contributed by atoms with van der Waals surface area (Å²) in [6.45, 7) is 7.44. The van der Waals surface area contributed by atoms with Crippen LogP contribution in [0.25, 0.3) is 0 Å². The average Bonchev–Trinajstić information content (AvgIpc) is 2.24. The van der Waals surface area contributed by atoms with Crippen molar-refractivity contribution in [1.29, 1.82) is 0 Å². The van der Waals surface area contributed by atoms with E-state index in [-0.39, 0.29) is 17.7 Å². The highest BCUT2D eigenvalue weighted by Gasteiger charge is 2.29. The van der Waals surface area contributed by atoms with Crippen molar-refractivity contribution in [3.63, 3.8) is 0 Å². The van der Waals surface area contributed by atoms with Gasteiger partial charge in [0.2, 0.25) is 5.91 Å². The standard InChI is InChI=1S/C12H23N3O2/c1-7-9(15(5)6)11(16)14-10(8(2)3)12(17)13-4/h7-10H,1H2,2-6H3,(H,13,17)(H,14,16)/p+1/t9-,10-/m1/s1. The number of rotatable bonds is 6. The summed E-state index contributed by atoms with van der Waals surface area (Å²) < 4.78 is 0. The monoisotopic (exact) mass is 242 g/mol. The van der Waals surface area contributed by atoms with E-state index in [1.165, 1.54) is 5.32 Å². The van der Waals surface area contributed by atoms with Crippen LogP contribution in [0, 0.1) is 5.92 Å². The molecular formula is C12H24N3O2+. The van der Waals surface area contributed by atoms with Crippen LogP contribution in [0.5, 0.6) is 0 Å². The molecule has 0 saturated heterocycles. The Bertz CT molecular complexity index is 287. The summed E-state index contributed by atoms with van der Waals surface area (Å²) in [5, 5.41) is 4.26. The smallest absolute Gasteiger partial charge is 0.332 e. The van der Waals surface area contributed by atoms with Gasteiger partial charge in [-0.1, -0.05) is 19.9 Å². The van der Waals surface area contributed by atoms with Gasteiger partial charge in [-0.2, -0.15) is 0 Å². The summed E-state index contributed by atoms with van der Waals surface area (Å²) >= 11 is 0. The zero-order valence-corrected chi connectivity index (χ0v) is 11.4. The first-order valence-electron chi connectivity index (χ1n) is 5.77. The first kappa shape index (κ1) is 15.8. The van der Waals surface area contributed by atoms with Crippen LogP contribution < -0.4 is 10.6 Å². The topological polar surface area (TPSA) is 66.0 Å². The molecule has 0 aliphatic carbocycles. The van der Waals surface area contributed by atoms with Crippen LogP contribution in [0.2, 0.25) is 0 Å². The fraction of sp³-hybridized carbons (Fsp3) is 0.667. The van der Waals surface area contributed by atoms with Crippen LogP contribution in [0.1, 0.15) is 13.8 Å². The molecule has 0 aliphatic rings. The third-order valence-corrected chi connectivity index (χ3v) is 2.60. The van der Waals surface area contributed by atoms with Gasteiger partial charge in [-0.15, -0.1) is 6.58 Å². The lowest BCUT2D eigenvalue weighted by molar-refractivity contribution is -0.540. The van der Waals surface area contributed by atoms with Crippen molar-refractivity contribution >= 4 is 11.8 Å². The molecule has 5 nitrogen and oxygen atoms in total. The minimum atomic E-state index is -0.463. The summed E-state index contributed by atoms with van der Waals surface area (Å²) in [4.78, 5) is 25.4. The van der Waals surface area contributed by atoms with Gasteiger partial charge in [-0.3, -0.25) is 15.0 Å². The van der Waals surface area contributed by atoms with E-state index >= 15 is 0 Å². The third-order valence-electron chi connectivity index (χ3n) is 2.60. The Balaban J connectivity index is 4.71. The lowest BCUT2D eigenvalue weighted by Crippen LogP contribution is -2.88. The van der Waals surface area contributed by atoms with Gasteiger partial charge in [-0.05, 0) is 20.0 Å². The van der Waals surface area contributed by atoms with Crippen LogP contribution in [0.4, 0.5) is 0 Å². The van der Waals surface area contributed by atoms with E-state index in [2.05, 4.69) is 11.9 Å². The number of hydrogen-bond acceptors (Lipinski definition) is 3. The van der Waals surface area contributed by atoms with E-state index in [1.807, 2.05) is 13.8 Å². The summed E-state index contributed by atoms with van der Waals surface area (Å²) in [6, 6.07) is -0.879. The molecule has 17 heavy (non-hydrogen) atoms. The van der Waals surface area contributed by atoms with E-state index in [0.717, 1.165) is 0 Å². The normalized spacial score (nSPS) is 14.5. The van der Waals surface area contributed by atoms with Crippen LogP contribution in [0.15, 0.2) is 12.7 Å². The molecule has 3 N–H and O–H groups in total. The second-order valence-corrected chi connectivity index (χ2v) is 4.57. The maximum absolute atomic E-state index is 12.0. The molecule has 0 spiro atoms. The Morgan fingerprint density at radius 1 is 1.35 bits per heavy atom. The molecule has 0 rings (SSSR count). The molecule has 0 radical (unpaired) electrons. The molecule has 0 aromatic rings. The van der Waals surface area contributed by atoms with Crippen molar-refractivity contribution in [3.05, 3.63) is 12.7 Å². The number of carbonyl (C=O) groups excluding carboxylic acids is 2. The van der Waals surface area contributed by atoms with Gasteiger partial charge in [0.05, 0.1) is 7.05 Å². The fourth-order valence-corrected chi connectivity index (χ4v) is 1.54. The van der Waals surface area contributed by atoms with Crippen LogP contribution >= 0.6 is 0 Å². The zero-order chi connectivity index (χ0) is 13.6. The molecule has 0 bridgehead atoms. The molecule has 5 heteroatoms. The Hall–Kier alpha value is -1.20. The molecular weight excluding hydrogens is 218 g/mol. The molecule has 0 aromatic heterocycles. The zero-order valence-electron chi connectivity index (χ0n) is 11.4. The Labute approximate surface area is 103 Å². The number of likely N-dealkylation sites (N-methyl/N-ethyl adjacent to an activating group) is 2. The molecule has 0 aliphatic heterocycles. The highest BCUT2D eigenvalue weighted by Crippen LogP contribution is 2.02. The van der Waals surface area contributed by atoms with Crippen molar-refractivity contribution in [2.45, 2.75) is 25.9 Å². The van der Waals surface area contributed by atoms with E-state index in [1.54, 1.807) is 32.1 Å². The molecule has 2 amide bonds. The highest BCUT2D eigenvalue weighted by molar-refractivity contribution is 5.87. The number of primary amides is 1. The predicted molar refractivity (Wildman–Crippen MR) is 67.3 cm³/mol. The van der Waals surface area contributed by atoms with Crippen molar-refractivity contribution in [2.75, 3.05) is 21.1 Å². The summed E-state index contributed by atoms with van der Waals surface area (Å²) in [5.74, 6) is -0.191. The lowest BCUT2D eigenvalue weighted by Gasteiger charge is -2.24. The fourth-order valence-electron chi connectivity index (χ4n) is 1.54. The van der Waals surface area contributed by atoms with Gasteiger partial charge in [-0.25, -0.2) is 4.79 Å². The van der Waals surface area contributed by atoms with Gasteiger partial charge in [0.1, 0.15) is 12.1 Å². The Kier molecular flexibility index (Phi) is 6.68. The van der Waals surface area contributed by atoms with E-state index in [4.69, 9.17) is 0 Å². The van der Waals surface area contributed by atoms with Crippen molar-refractivity contribution < 1.29 is 14.9 Å². The van der Waals surface area contributed by atoms with E-state index in [0.29, 0.717) is 0 Å². The number of hydrogen-bond donors (Lipinski definition) is 2. The largest absolute Gasteiger partial charge is 0.339 e. The number of nitrogens with zero attached hydrogens (tertiary/aromatic N) is 1. The maximum atomic E-state index is 12.0. The third kappa shape index (κ3) is 4.66. The maximum Gasteiger partial charge on any atom is 0.332 e. The van der Waals surface area contributed by atoms with Crippen molar-refractivity contribution in [1.82, 2.24) is 10.2 Å². The molecule has 0 aromatic carbocycles. The number of carbonyl (C=O) groups is 2. The number of amides is 2. The van der Waals surface area contributed by atoms with Crippen LogP contribution in [0.3, 0.4) is 0 Å². The molecule has 0 unspecified atom stereocenters. The molecule has 0 fully saturated rings. The second-order valence-electron chi connectivity index (χ2n) is 4.57. The quantitative estimate of drug-likeness (QED) is 0.585. The average molecular weight is 242 g/mol. The highest BCUT2D eigenvalue weighted by atomic mass is 16.2. The molecule has 2 atom stereocenters. The number of nitrogens with two attached hydrogens (primary N) is 1. The first-order valence-corrected chi connectivity index (χ1v) is 5.77. The van der Waals surface area contributed by atoms with Gasteiger partial charge in [0.15, 0.2) is 0 Å². The van der Waals surface area contributed by atoms with Gasteiger partial charge >= 0.3 is 5.91 Å². The predicted octanol–water partition coefficient (Wildman–Crippen LogP) is -1.04. The van der Waals surface area contributed by atoms with Gasteiger partial charge < -0.3 is 5.32 Å². The first-order chi connectivity index (χ1) is 7.84. The molecule has 98 valence electrons. The molecule has 0 saturated carbocycles. The van der Waals surface area contributed by atoms with E-state index in [9.17, 15) is 9.59 Å². The molecule has 0 heterocycles. The summed E-state index contributed by atoms with van der Waals surface area (Å²) in [5.41, 5.74) is 0. The SMILES string of the molecule is C=C[C@H](C(=O)N[C@@H](C(=O)[NH2+]C)C(C)C)N(C)C. The van der Waals surface area contributed by atoms with E-state index < -0.39 is 12.1 Å². The van der Waals surface area contributed by atoms with Crippen molar-refractivity contribution in [2.24, 2.45) is 5.92 Å². The van der Waals surface area contributed by atoms with Gasteiger partial charge in [0.25, 0.3) is 0 Å². The Morgan fingerprint density at radius 3 is 2.18 bits per heavy atom. The minimum absolute atomic E-state index is 0.0603.